The number of carbonyl (C=O) groups is 1. The van der Waals surface area contributed by atoms with Crippen LogP contribution in [0.2, 0.25) is 0 Å². The molecule has 2 aromatic rings. The number of hydrogen-bond acceptors (Lipinski definition) is 4. The van der Waals surface area contributed by atoms with Crippen LogP contribution in [-0.4, -0.2) is 39.0 Å². The first kappa shape index (κ1) is 21.9. The second-order valence-corrected chi connectivity index (χ2v) is 8.83. The van der Waals surface area contributed by atoms with Gasteiger partial charge in [-0.3, -0.25) is 4.79 Å². The van der Waals surface area contributed by atoms with Crippen molar-refractivity contribution >= 4 is 15.9 Å². The maximum Gasteiger partial charge on any atom is 0.243 e. The van der Waals surface area contributed by atoms with Crippen LogP contribution in [0, 0.1) is 6.92 Å². The molecule has 0 aliphatic carbocycles. The molecule has 6 nitrogen and oxygen atoms in total. The molecule has 0 unspecified atom stereocenters. The van der Waals surface area contributed by atoms with E-state index in [0.29, 0.717) is 12.0 Å². The molecule has 1 N–H and O–H groups in total. The lowest BCUT2D eigenvalue weighted by Gasteiger charge is -2.28. The Balaban J connectivity index is 2.34. The van der Waals surface area contributed by atoms with E-state index in [1.54, 1.807) is 31.4 Å². The number of ether oxygens (including phenoxy) is 1. The first-order valence-corrected chi connectivity index (χ1v) is 11.0. The van der Waals surface area contributed by atoms with Crippen LogP contribution in [0.3, 0.4) is 0 Å². The van der Waals surface area contributed by atoms with Gasteiger partial charge in [-0.25, -0.2) is 8.42 Å². The second-order valence-electron chi connectivity index (χ2n) is 6.79. The summed E-state index contributed by atoms with van der Waals surface area (Å²) in [4.78, 5) is 13.1. The van der Waals surface area contributed by atoms with Crippen molar-refractivity contribution in [3.05, 3.63) is 65.2 Å². The van der Waals surface area contributed by atoms with Gasteiger partial charge < -0.3 is 10.1 Å². The standard InChI is InChI=1S/C21H28N2O4S/c1-6-18(17-12-13-19(27-4)15(2)14-17)22-21(24)20(23(3)28(5,25)26)16-10-8-7-9-11-16/h7-14,18,20H,6H2,1-5H3,(H,22,24)/t18-,20-/m0/s1. The molecule has 2 aromatic carbocycles. The van der Waals surface area contributed by atoms with Crippen LogP contribution in [0.1, 0.15) is 42.1 Å². The fourth-order valence-corrected chi connectivity index (χ4v) is 3.74. The largest absolute Gasteiger partial charge is 0.496 e. The first-order valence-electron chi connectivity index (χ1n) is 9.11. The highest BCUT2D eigenvalue weighted by atomic mass is 32.2. The van der Waals surface area contributed by atoms with Gasteiger partial charge in [-0.1, -0.05) is 49.4 Å². The van der Waals surface area contributed by atoms with Crippen LogP contribution in [0.4, 0.5) is 0 Å². The van der Waals surface area contributed by atoms with Gasteiger partial charge in [-0.05, 0) is 36.1 Å². The van der Waals surface area contributed by atoms with Gasteiger partial charge in [0.05, 0.1) is 19.4 Å². The van der Waals surface area contributed by atoms with Crippen LogP contribution >= 0.6 is 0 Å². The molecule has 28 heavy (non-hydrogen) atoms. The van der Waals surface area contributed by atoms with Crippen molar-refractivity contribution in [3.8, 4) is 5.75 Å². The molecular weight excluding hydrogens is 376 g/mol. The third-order valence-electron chi connectivity index (χ3n) is 4.80. The molecule has 0 bridgehead atoms. The lowest BCUT2D eigenvalue weighted by molar-refractivity contribution is -0.125. The summed E-state index contributed by atoms with van der Waals surface area (Å²) in [6, 6.07) is 13.5. The second kappa shape index (κ2) is 9.21. The van der Waals surface area contributed by atoms with Gasteiger partial charge in [0.15, 0.2) is 0 Å². The molecule has 1 amide bonds. The lowest BCUT2D eigenvalue weighted by Crippen LogP contribution is -2.42. The maximum atomic E-state index is 13.1. The third kappa shape index (κ3) is 5.11. The Bertz CT molecular complexity index is 913. The Morgan fingerprint density at radius 1 is 1.14 bits per heavy atom. The molecule has 0 heterocycles. The molecule has 0 aromatic heterocycles. The number of sulfonamides is 1. The molecule has 0 saturated carbocycles. The lowest BCUT2D eigenvalue weighted by atomic mass is 10.00. The summed E-state index contributed by atoms with van der Waals surface area (Å²) in [7, 11) is -0.523. The summed E-state index contributed by atoms with van der Waals surface area (Å²) in [5.41, 5.74) is 2.54. The van der Waals surface area contributed by atoms with Crippen LogP contribution in [0.25, 0.3) is 0 Å². The average Bonchev–Trinajstić information content (AvgIpc) is 2.66. The predicted molar refractivity (Wildman–Crippen MR) is 111 cm³/mol. The normalized spacial score (nSPS) is 13.8. The van der Waals surface area contributed by atoms with Crippen LogP contribution in [0.15, 0.2) is 48.5 Å². The van der Waals surface area contributed by atoms with Crippen molar-refractivity contribution in [1.29, 1.82) is 0 Å². The van der Waals surface area contributed by atoms with Crippen molar-refractivity contribution in [2.75, 3.05) is 20.4 Å². The van der Waals surface area contributed by atoms with E-state index in [9.17, 15) is 13.2 Å². The van der Waals surface area contributed by atoms with Gasteiger partial charge in [-0.2, -0.15) is 4.31 Å². The highest BCUT2D eigenvalue weighted by molar-refractivity contribution is 7.88. The van der Waals surface area contributed by atoms with Crippen LogP contribution < -0.4 is 10.1 Å². The summed E-state index contributed by atoms with van der Waals surface area (Å²) >= 11 is 0. The number of carbonyl (C=O) groups excluding carboxylic acids is 1. The van der Waals surface area contributed by atoms with Crippen LogP contribution in [-0.2, 0) is 14.8 Å². The quantitative estimate of drug-likeness (QED) is 0.733. The molecule has 0 aliphatic rings. The number of hydrogen-bond donors (Lipinski definition) is 1. The predicted octanol–water partition coefficient (Wildman–Crippen LogP) is 3.20. The Morgan fingerprint density at radius 3 is 2.29 bits per heavy atom. The fourth-order valence-electron chi connectivity index (χ4n) is 3.14. The summed E-state index contributed by atoms with van der Waals surface area (Å²) in [6.07, 6.45) is 1.77. The molecule has 0 aliphatic heterocycles. The van der Waals surface area contributed by atoms with Crippen molar-refractivity contribution in [2.45, 2.75) is 32.4 Å². The molecule has 7 heteroatoms. The van der Waals surface area contributed by atoms with E-state index in [-0.39, 0.29) is 11.9 Å². The number of methoxy groups -OCH3 is 1. The van der Waals surface area contributed by atoms with Crippen molar-refractivity contribution < 1.29 is 17.9 Å². The van der Waals surface area contributed by atoms with E-state index in [0.717, 1.165) is 27.4 Å². The molecule has 0 spiro atoms. The van der Waals surface area contributed by atoms with Crippen LogP contribution in [0.5, 0.6) is 5.75 Å². The summed E-state index contributed by atoms with van der Waals surface area (Å²) < 4.78 is 30.6. The molecule has 0 saturated heterocycles. The van der Waals surface area contributed by atoms with Gasteiger partial charge in [0.2, 0.25) is 15.9 Å². The fraction of sp³-hybridized carbons (Fsp3) is 0.381. The maximum absolute atomic E-state index is 13.1. The molecular formula is C21H28N2O4S. The third-order valence-corrected chi connectivity index (χ3v) is 6.05. The Hall–Kier alpha value is -2.38. The first-order chi connectivity index (χ1) is 13.2. The topological polar surface area (TPSA) is 75.7 Å². The number of rotatable bonds is 8. The minimum absolute atomic E-state index is 0.240. The molecule has 0 radical (unpaired) electrons. The number of amides is 1. The van der Waals surface area contributed by atoms with E-state index < -0.39 is 16.1 Å². The SMILES string of the molecule is CC[C@H](NC(=O)[C@H](c1ccccc1)N(C)S(C)(=O)=O)c1ccc(OC)c(C)c1. The minimum Gasteiger partial charge on any atom is -0.496 e. The monoisotopic (exact) mass is 404 g/mol. The number of nitrogens with one attached hydrogen (secondary N) is 1. The van der Waals surface area contributed by atoms with Crippen molar-refractivity contribution in [2.24, 2.45) is 0 Å². The summed E-state index contributed by atoms with van der Waals surface area (Å²) in [5.74, 6) is 0.420. The molecule has 2 atom stereocenters. The number of benzene rings is 2. The molecule has 152 valence electrons. The number of likely N-dealkylation sites (N-methyl/N-ethyl adjacent to an activating group) is 1. The smallest absolute Gasteiger partial charge is 0.243 e. The minimum atomic E-state index is -3.56. The van der Waals surface area contributed by atoms with E-state index in [1.807, 2.05) is 38.1 Å². The zero-order chi connectivity index (χ0) is 20.9. The zero-order valence-electron chi connectivity index (χ0n) is 17.0. The highest BCUT2D eigenvalue weighted by Crippen LogP contribution is 2.27. The van der Waals surface area contributed by atoms with E-state index in [1.165, 1.54) is 7.05 Å². The summed E-state index contributed by atoms with van der Waals surface area (Å²) in [5, 5.41) is 3.01. The van der Waals surface area contributed by atoms with Gasteiger partial charge in [-0.15, -0.1) is 0 Å². The van der Waals surface area contributed by atoms with Crippen molar-refractivity contribution in [3.63, 3.8) is 0 Å². The Kier molecular flexibility index (Phi) is 7.21. The molecule has 2 rings (SSSR count). The Morgan fingerprint density at radius 2 is 1.79 bits per heavy atom. The number of nitrogens with zero attached hydrogens (tertiary/aromatic N) is 1. The number of aryl methyl sites for hydroxylation is 1. The Labute approximate surface area is 167 Å². The average molecular weight is 405 g/mol. The summed E-state index contributed by atoms with van der Waals surface area (Å²) in [6.45, 7) is 3.92. The van der Waals surface area contributed by atoms with E-state index >= 15 is 0 Å². The van der Waals surface area contributed by atoms with Gasteiger partial charge in [0.1, 0.15) is 11.8 Å². The van der Waals surface area contributed by atoms with Crippen molar-refractivity contribution in [1.82, 2.24) is 9.62 Å². The highest BCUT2D eigenvalue weighted by Gasteiger charge is 2.31. The van der Waals surface area contributed by atoms with E-state index in [2.05, 4.69) is 5.32 Å². The van der Waals surface area contributed by atoms with Gasteiger partial charge in [0, 0.05) is 7.05 Å². The van der Waals surface area contributed by atoms with E-state index in [4.69, 9.17) is 4.74 Å². The van der Waals surface area contributed by atoms with Gasteiger partial charge in [0.25, 0.3) is 0 Å². The van der Waals surface area contributed by atoms with Gasteiger partial charge >= 0.3 is 0 Å². The zero-order valence-corrected chi connectivity index (χ0v) is 17.8. The molecule has 0 fully saturated rings.